The lowest BCUT2D eigenvalue weighted by molar-refractivity contribution is -0.524. The van der Waals surface area contributed by atoms with Crippen molar-refractivity contribution in [2.24, 2.45) is 0 Å². The van der Waals surface area contributed by atoms with E-state index in [2.05, 4.69) is 0 Å². The summed E-state index contributed by atoms with van der Waals surface area (Å²) in [6, 6.07) is -32.6. The van der Waals surface area contributed by atoms with Crippen LogP contribution < -0.4 is 0 Å². The van der Waals surface area contributed by atoms with E-state index in [-0.39, 0.29) is 0 Å². The van der Waals surface area contributed by atoms with Crippen LogP contribution in [0.25, 0.3) is 0 Å². The maximum atomic E-state index is 14.0. The molecule has 0 radical (unpaired) electrons. The largest absolute Gasteiger partial charge is 0.460 e. The molecule has 0 N–H and O–H groups in total. The van der Waals surface area contributed by atoms with Crippen molar-refractivity contribution in [3.05, 3.63) is 0 Å². The molecule has 1 heterocycles. The van der Waals surface area contributed by atoms with Crippen molar-refractivity contribution >= 4 is 10.0 Å². The van der Waals surface area contributed by atoms with E-state index >= 15 is 0 Å². The van der Waals surface area contributed by atoms with Gasteiger partial charge in [-0.3, -0.25) is 0 Å². The van der Waals surface area contributed by atoms with Crippen LogP contribution in [0.2, 0.25) is 0 Å². The zero-order valence-electron chi connectivity index (χ0n) is 17.9. The summed E-state index contributed by atoms with van der Waals surface area (Å²) in [6.45, 7) is 0. The summed E-state index contributed by atoms with van der Waals surface area (Å²) >= 11 is 0. The summed E-state index contributed by atoms with van der Waals surface area (Å²) in [5.41, 5.74) is 0. The van der Waals surface area contributed by atoms with E-state index in [1.165, 1.54) is 0 Å². The van der Waals surface area contributed by atoms with Gasteiger partial charge in [-0.25, -0.2) is 8.42 Å². The lowest BCUT2D eigenvalue weighted by Gasteiger charge is -2.50. The third kappa shape index (κ3) is 4.16. The van der Waals surface area contributed by atoms with Crippen LogP contribution in [0.1, 0.15) is 0 Å². The van der Waals surface area contributed by atoms with Gasteiger partial charge in [0, 0.05) is 0 Å². The van der Waals surface area contributed by atoms with Gasteiger partial charge in [-0.2, -0.15) is 110 Å². The Hall–Kier alpha value is -1.95. The summed E-state index contributed by atoms with van der Waals surface area (Å²) in [7, 11) is -10.2. The molecular weight excluding hydrogens is 730 g/mol. The van der Waals surface area contributed by atoms with Gasteiger partial charge in [0.25, 0.3) is 10.0 Å². The number of hydrogen-bond acceptors (Lipinski definition) is 3. The van der Waals surface area contributed by atoms with Crippen LogP contribution >= 0.6 is 0 Å². The van der Waals surface area contributed by atoms with E-state index in [9.17, 15) is 123 Å². The minimum Gasteiger partial charge on any atom is -0.205 e. The van der Waals surface area contributed by atoms with Gasteiger partial charge < -0.3 is 0 Å². The number of halogens is 26. The van der Waals surface area contributed by atoms with E-state index < -0.39 is 90.6 Å². The molecule has 258 valence electrons. The SMILES string of the molecule is O=S(=O)(N1C(F)(F)C(F)(F)N(F)C(F)(F)C1(F)F)C(F)(F)C(F)(F)C(F)(F)C(F)(F)C(F)(F)C(F)(F)C(F)(F)C(F)(F)F. The highest BCUT2D eigenvalue weighted by molar-refractivity contribution is 7.90. The zero-order valence-corrected chi connectivity index (χ0v) is 18.8. The quantitative estimate of drug-likeness (QED) is 0.151. The summed E-state index contributed by atoms with van der Waals surface area (Å²) in [4.78, 5) is 0. The molecule has 1 fully saturated rings. The van der Waals surface area contributed by atoms with Gasteiger partial charge in [0.1, 0.15) is 0 Å². The highest BCUT2D eigenvalue weighted by Gasteiger charge is 2.98. The number of rotatable bonds is 8. The molecule has 0 unspecified atom stereocenters. The number of nitrogens with zero attached hydrogens (tertiary/aromatic N) is 2. The first-order chi connectivity index (χ1) is 18.0. The molecule has 4 nitrogen and oxygen atoms in total. The molecule has 1 aliphatic heterocycles. The number of piperazine rings is 1. The van der Waals surface area contributed by atoms with Gasteiger partial charge in [-0.15, -0.1) is 4.48 Å². The molecule has 1 saturated heterocycles. The molecule has 0 aliphatic carbocycles. The fourth-order valence-corrected chi connectivity index (χ4v) is 4.07. The molecular formula is C12F26N2O2S. The van der Waals surface area contributed by atoms with Gasteiger partial charge in [-0.1, -0.05) is 4.31 Å². The average molecular weight is 730 g/mol. The summed E-state index contributed by atoms with van der Waals surface area (Å²) in [5, 5.41) is -13.7. The van der Waals surface area contributed by atoms with Crippen molar-refractivity contribution in [2.45, 2.75) is 71.2 Å². The molecule has 43 heavy (non-hydrogen) atoms. The first kappa shape index (κ1) is 39.1. The van der Waals surface area contributed by atoms with Crippen molar-refractivity contribution < 1.29 is 123 Å². The zero-order chi connectivity index (χ0) is 35.7. The van der Waals surface area contributed by atoms with E-state index in [0.717, 1.165) is 0 Å². The maximum Gasteiger partial charge on any atom is 0.460 e. The van der Waals surface area contributed by atoms with Gasteiger partial charge in [0.15, 0.2) is 0 Å². The molecule has 1 aliphatic rings. The summed E-state index contributed by atoms with van der Waals surface area (Å²) in [5.74, 6) is -56.2. The second kappa shape index (κ2) is 9.07. The third-order valence-corrected chi connectivity index (χ3v) is 6.83. The standard InChI is InChI=1S/C12F26N2O2S/c13-1(14,3(17,18)5(21,22)7(25,26)27)2(15,16)4(19,20)6(23,24)12(36,37)43(41,42)40-10(32,33)8(28,29)39(38)9(30,31)11(40,34)35. The molecule has 1 rings (SSSR count). The van der Waals surface area contributed by atoms with Gasteiger partial charge in [0.2, 0.25) is 0 Å². The summed E-state index contributed by atoms with van der Waals surface area (Å²) < 4.78 is 363. The van der Waals surface area contributed by atoms with Crippen LogP contribution in [0, 0.1) is 0 Å². The van der Waals surface area contributed by atoms with Crippen LogP contribution in [0.4, 0.5) is 114 Å². The van der Waals surface area contributed by atoms with Crippen molar-refractivity contribution in [2.75, 3.05) is 0 Å². The average Bonchev–Trinajstić information content (AvgIpc) is 2.75. The van der Waals surface area contributed by atoms with Crippen LogP contribution in [0.3, 0.4) is 0 Å². The van der Waals surface area contributed by atoms with Gasteiger partial charge >= 0.3 is 71.2 Å². The predicted octanol–water partition coefficient (Wildman–Crippen LogP) is 7.16. The third-order valence-electron chi connectivity index (χ3n) is 4.98. The Kier molecular flexibility index (Phi) is 8.24. The first-order valence-electron chi connectivity index (χ1n) is 8.76. The fourth-order valence-electron chi connectivity index (χ4n) is 2.56. The molecule has 0 aromatic carbocycles. The minimum absolute atomic E-state index is 4.32. The normalized spacial score (nSPS) is 23.4. The van der Waals surface area contributed by atoms with Crippen molar-refractivity contribution in [3.8, 4) is 0 Å². The van der Waals surface area contributed by atoms with E-state index in [4.69, 9.17) is 0 Å². The van der Waals surface area contributed by atoms with Crippen LogP contribution in [0.5, 0.6) is 0 Å². The van der Waals surface area contributed by atoms with Gasteiger partial charge in [0.05, 0.1) is 0 Å². The Balaban J connectivity index is 4.08. The second-order valence-electron chi connectivity index (χ2n) is 7.68. The fraction of sp³-hybridized carbons (Fsp3) is 1.00. The first-order valence-corrected chi connectivity index (χ1v) is 10.2. The molecule has 0 saturated carbocycles. The molecule has 0 bridgehead atoms. The highest BCUT2D eigenvalue weighted by Crippen LogP contribution is 2.66. The number of alkyl halides is 25. The van der Waals surface area contributed by atoms with Crippen LogP contribution in [0.15, 0.2) is 0 Å². The molecule has 0 aromatic heterocycles. The molecule has 0 amide bonds. The molecule has 0 aromatic rings. The Bertz CT molecular complexity index is 1170. The number of hydrogen-bond donors (Lipinski definition) is 0. The van der Waals surface area contributed by atoms with E-state index in [1.54, 1.807) is 0 Å². The Morgan fingerprint density at radius 2 is 0.628 bits per heavy atom. The van der Waals surface area contributed by atoms with Crippen molar-refractivity contribution in [1.29, 1.82) is 0 Å². The summed E-state index contributed by atoms with van der Waals surface area (Å²) in [6.07, 6.45) is -8.23. The van der Waals surface area contributed by atoms with Crippen LogP contribution in [-0.4, -0.2) is 89.0 Å². The predicted molar refractivity (Wildman–Crippen MR) is 74.2 cm³/mol. The second-order valence-corrected chi connectivity index (χ2v) is 9.50. The highest BCUT2D eigenvalue weighted by atomic mass is 32.2. The van der Waals surface area contributed by atoms with Crippen molar-refractivity contribution in [1.82, 2.24) is 9.43 Å². The monoisotopic (exact) mass is 730 g/mol. The number of sulfonamides is 1. The maximum absolute atomic E-state index is 14.0. The molecule has 0 atom stereocenters. The lowest BCUT2D eigenvalue weighted by Crippen LogP contribution is -2.82. The molecule has 31 heteroatoms. The molecule has 0 spiro atoms. The van der Waals surface area contributed by atoms with Crippen molar-refractivity contribution in [3.63, 3.8) is 0 Å². The Labute approximate surface area is 214 Å². The van der Waals surface area contributed by atoms with Gasteiger partial charge in [-0.05, 0) is 5.12 Å². The van der Waals surface area contributed by atoms with Crippen LogP contribution in [-0.2, 0) is 10.0 Å². The Morgan fingerprint density at radius 1 is 0.395 bits per heavy atom. The topological polar surface area (TPSA) is 40.6 Å². The lowest BCUT2D eigenvalue weighted by atomic mass is 9.91. The minimum atomic E-state index is -10.2. The van der Waals surface area contributed by atoms with E-state index in [0.29, 0.717) is 0 Å². The Morgan fingerprint density at radius 3 is 0.884 bits per heavy atom. The smallest absolute Gasteiger partial charge is 0.205 e. The van der Waals surface area contributed by atoms with E-state index in [1.807, 2.05) is 0 Å².